The number of rotatable bonds is 3. The second-order valence-corrected chi connectivity index (χ2v) is 4.97. The van der Waals surface area contributed by atoms with Gasteiger partial charge in [0.15, 0.2) is 5.82 Å². The van der Waals surface area contributed by atoms with Crippen molar-refractivity contribution in [3.8, 4) is 11.4 Å². The molecule has 1 aromatic carbocycles. The normalized spacial score (nSPS) is 20.2. The van der Waals surface area contributed by atoms with Crippen molar-refractivity contribution < 1.29 is 9.13 Å². The number of ether oxygens (including phenoxy) is 1. The molecule has 1 aliphatic rings. The molecule has 2 atom stereocenters. The molecule has 7 heteroatoms. The van der Waals surface area contributed by atoms with Crippen molar-refractivity contribution in [2.45, 2.75) is 31.9 Å². The lowest BCUT2D eigenvalue weighted by Gasteiger charge is -2.19. The molecule has 0 radical (unpaired) electrons. The highest BCUT2D eigenvalue weighted by atomic mass is 19.1. The topological polar surface area (TPSA) is 78.8 Å². The third kappa shape index (κ3) is 2.24. The predicted octanol–water partition coefficient (Wildman–Crippen LogP) is 1.80. The van der Waals surface area contributed by atoms with E-state index in [1.165, 1.54) is 12.1 Å². The molecule has 2 aromatic rings. The quantitative estimate of drug-likeness (QED) is 0.865. The van der Waals surface area contributed by atoms with E-state index in [1.54, 1.807) is 10.7 Å². The van der Waals surface area contributed by atoms with Crippen molar-refractivity contribution in [3.63, 3.8) is 0 Å². The molecule has 106 valence electrons. The summed E-state index contributed by atoms with van der Waals surface area (Å²) in [6.07, 6.45) is 2.13. The van der Waals surface area contributed by atoms with Crippen LogP contribution in [0.2, 0.25) is 0 Å². The molecule has 6 nitrogen and oxygen atoms in total. The van der Waals surface area contributed by atoms with Gasteiger partial charge < -0.3 is 10.5 Å². The van der Waals surface area contributed by atoms with E-state index >= 15 is 0 Å². The van der Waals surface area contributed by atoms with Gasteiger partial charge in [-0.3, -0.25) is 0 Å². The highest BCUT2D eigenvalue weighted by Gasteiger charge is 2.27. The second kappa shape index (κ2) is 5.16. The molecule has 3 rings (SSSR count). The molecule has 0 aliphatic carbocycles. The van der Waals surface area contributed by atoms with E-state index in [1.807, 2.05) is 6.92 Å². The summed E-state index contributed by atoms with van der Waals surface area (Å²) in [4.78, 5) is 0. The molecule has 0 spiro atoms. The summed E-state index contributed by atoms with van der Waals surface area (Å²) < 4.78 is 20.5. The molecular formula is C13H16FN5O. The zero-order chi connectivity index (χ0) is 14.1. The van der Waals surface area contributed by atoms with Crippen molar-refractivity contribution in [3.05, 3.63) is 24.0 Å². The molecule has 1 aromatic heterocycles. The van der Waals surface area contributed by atoms with Gasteiger partial charge in [-0.05, 0) is 48.4 Å². The second-order valence-electron chi connectivity index (χ2n) is 4.97. The Morgan fingerprint density at radius 2 is 2.35 bits per heavy atom. The fourth-order valence-electron chi connectivity index (χ4n) is 2.52. The lowest BCUT2D eigenvalue weighted by atomic mass is 10.1. The van der Waals surface area contributed by atoms with Crippen LogP contribution in [-0.4, -0.2) is 32.9 Å². The van der Waals surface area contributed by atoms with E-state index in [0.717, 1.165) is 19.4 Å². The smallest absolute Gasteiger partial charge is 0.184 e. The van der Waals surface area contributed by atoms with Crippen LogP contribution < -0.4 is 5.73 Å². The Labute approximate surface area is 115 Å². The molecule has 0 amide bonds. The molecule has 1 fully saturated rings. The Bertz CT molecular complexity index is 609. The number of nitrogens with two attached hydrogens (primary N) is 1. The van der Waals surface area contributed by atoms with Crippen molar-refractivity contribution in [2.24, 2.45) is 0 Å². The molecule has 2 heterocycles. The molecule has 20 heavy (non-hydrogen) atoms. The summed E-state index contributed by atoms with van der Waals surface area (Å²) in [6, 6.07) is 4.22. The fourth-order valence-corrected chi connectivity index (χ4v) is 2.52. The summed E-state index contributed by atoms with van der Waals surface area (Å²) in [7, 11) is 0. The van der Waals surface area contributed by atoms with Gasteiger partial charge in [0.2, 0.25) is 0 Å². The van der Waals surface area contributed by atoms with Gasteiger partial charge in [0.25, 0.3) is 0 Å². The van der Waals surface area contributed by atoms with Crippen LogP contribution in [0.5, 0.6) is 0 Å². The van der Waals surface area contributed by atoms with E-state index in [0.29, 0.717) is 17.1 Å². The Morgan fingerprint density at radius 1 is 1.50 bits per heavy atom. The first-order chi connectivity index (χ1) is 9.66. The van der Waals surface area contributed by atoms with Crippen LogP contribution in [0.1, 0.15) is 25.8 Å². The zero-order valence-electron chi connectivity index (χ0n) is 11.2. The Kier molecular flexibility index (Phi) is 3.35. The number of tetrazole rings is 1. The minimum Gasteiger partial charge on any atom is -0.398 e. The summed E-state index contributed by atoms with van der Waals surface area (Å²) in [5.74, 6) is 0.156. The number of aromatic nitrogens is 4. The van der Waals surface area contributed by atoms with Crippen molar-refractivity contribution in [2.75, 3.05) is 12.3 Å². The number of hydrogen-bond donors (Lipinski definition) is 1. The number of anilines is 1. The molecule has 1 saturated heterocycles. The van der Waals surface area contributed by atoms with Gasteiger partial charge in [-0.1, -0.05) is 0 Å². The SMILES string of the molecule is CC(C1CCCO1)n1nnnc1-c1ccc(F)cc1N. The molecule has 2 N–H and O–H groups in total. The lowest BCUT2D eigenvalue weighted by molar-refractivity contribution is 0.0690. The van der Waals surface area contributed by atoms with E-state index in [-0.39, 0.29) is 18.0 Å². The average molecular weight is 277 g/mol. The van der Waals surface area contributed by atoms with Crippen LogP contribution in [0.4, 0.5) is 10.1 Å². The maximum atomic E-state index is 13.1. The van der Waals surface area contributed by atoms with Crippen LogP contribution in [0.25, 0.3) is 11.4 Å². The Hall–Kier alpha value is -2.02. The average Bonchev–Trinajstić information content (AvgIpc) is 3.09. The summed E-state index contributed by atoms with van der Waals surface area (Å²) in [6.45, 7) is 2.78. The number of nitrogens with zero attached hydrogens (tertiary/aromatic N) is 4. The zero-order valence-corrected chi connectivity index (χ0v) is 11.2. The summed E-state index contributed by atoms with van der Waals surface area (Å²) in [5.41, 5.74) is 6.80. The third-order valence-corrected chi connectivity index (χ3v) is 3.64. The molecule has 0 bridgehead atoms. The van der Waals surface area contributed by atoms with Gasteiger partial charge in [0.05, 0.1) is 12.1 Å². The summed E-state index contributed by atoms with van der Waals surface area (Å²) in [5, 5.41) is 11.8. The molecule has 1 aliphatic heterocycles. The monoisotopic (exact) mass is 277 g/mol. The molecule has 0 saturated carbocycles. The van der Waals surface area contributed by atoms with Gasteiger partial charge >= 0.3 is 0 Å². The molecule has 2 unspecified atom stereocenters. The number of benzene rings is 1. The minimum absolute atomic E-state index is 0.00644. The highest BCUT2D eigenvalue weighted by Crippen LogP contribution is 2.29. The van der Waals surface area contributed by atoms with E-state index in [9.17, 15) is 4.39 Å². The van der Waals surface area contributed by atoms with Gasteiger partial charge in [-0.15, -0.1) is 5.10 Å². The van der Waals surface area contributed by atoms with Gasteiger partial charge in [-0.25, -0.2) is 9.07 Å². The van der Waals surface area contributed by atoms with Gasteiger partial charge in [-0.2, -0.15) is 0 Å². The maximum Gasteiger partial charge on any atom is 0.184 e. The van der Waals surface area contributed by atoms with Crippen molar-refractivity contribution in [1.82, 2.24) is 20.2 Å². The standard InChI is InChI=1S/C13H16FN5O/c1-8(12-3-2-6-20-12)19-13(16-17-18-19)10-5-4-9(14)7-11(10)15/h4-5,7-8,12H,2-3,6,15H2,1H3. The highest BCUT2D eigenvalue weighted by molar-refractivity contribution is 5.71. The van der Waals surface area contributed by atoms with E-state index < -0.39 is 0 Å². The number of halogens is 1. The molecular weight excluding hydrogens is 261 g/mol. The first-order valence-electron chi connectivity index (χ1n) is 6.61. The van der Waals surface area contributed by atoms with E-state index in [4.69, 9.17) is 10.5 Å². The predicted molar refractivity (Wildman–Crippen MR) is 71.3 cm³/mol. The fraction of sp³-hybridized carbons (Fsp3) is 0.462. The number of nitrogen functional groups attached to an aromatic ring is 1. The first-order valence-corrected chi connectivity index (χ1v) is 6.61. The van der Waals surface area contributed by atoms with Crippen LogP contribution >= 0.6 is 0 Å². The Morgan fingerprint density at radius 3 is 3.05 bits per heavy atom. The number of hydrogen-bond acceptors (Lipinski definition) is 5. The van der Waals surface area contributed by atoms with E-state index in [2.05, 4.69) is 15.5 Å². The van der Waals surface area contributed by atoms with Gasteiger partial charge in [0, 0.05) is 17.9 Å². The largest absolute Gasteiger partial charge is 0.398 e. The third-order valence-electron chi connectivity index (χ3n) is 3.64. The lowest BCUT2D eigenvalue weighted by Crippen LogP contribution is -2.22. The minimum atomic E-state index is -0.377. The summed E-state index contributed by atoms with van der Waals surface area (Å²) >= 11 is 0. The van der Waals surface area contributed by atoms with Crippen molar-refractivity contribution >= 4 is 5.69 Å². The Balaban J connectivity index is 1.97. The maximum absolute atomic E-state index is 13.1. The van der Waals surface area contributed by atoms with Crippen LogP contribution in [0.3, 0.4) is 0 Å². The van der Waals surface area contributed by atoms with Crippen molar-refractivity contribution in [1.29, 1.82) is 0 Å². The van der Waals surface area contributed by atoms with Crippen LogP contribution in [-0.2, 0) is 4.74 Å². The van der Waals surface area contributed by atoms with Crippen LogP contribution in [0.15, 0.2) is 18.2 Å². The first kappa shape index (κ1) is 13.0. The van der Waals surface area contributed by atoms with Gasteiger partial charge in [0.1, 0.15) is 5.82 Å². The van der Waals surface area contributed by atoms with Crippen LogP contribution in [0, 0.1) is 5.82 Å².